The minimum absolute atomic E-state index is 0.0582. The van der Waals surface area contributed by atoms with Gasteiger partial charge in [0.25, 0.3) is 11.5 Å². The Morgan fingerprint density at radius 1 is 0.922 bits per heavy atom. The molecule has 0 spiro atoms. The van der Waals surface area contributed by atoms with Crippen LogP contribution in [-0.4, -0.2) is 63.5 Å². The van der Waals surface area contributed by atoms with Crippen LogP contribution >= 0.6 is 0 Å². The second-order valence-electron chi connectivity index (χ2n) is 12.3. The highest BCUT2D eigenvalue weighted by atomic mass is 19.2. The molecule has 2 aromatic heterocycles. The first kappa shape index (κ1) is 35.1. The first-order chi connectivity index (χ1) is 24.5. The van der Waals surface area contributed by atoms with Crippen LogP contribution in [0.4, 0.5) is 18.9 Å². The molecule has 1 N–H and O–H groups in total. The molecule has 0 saturated carbocycles. The van der Waals surface area contributed by atoms with Gasteiger partial charge in [-0.15, -0.1) is 0 Å². The van der Waals surface area contributed by atoms with Gasteiger partial charge >= 0.3 is 5.69 Å². The summed E-state index contributed by atoms with van der Waals surface area (Å²) in [4.78, 5) is 45.3. The van der Waals surface area contributed by atoms with Crippen LogP contribution in [-0.2, 0) is 7.05 Å². The Morgan fingerprint density at radius 3 is 2.43 bits per heavy atom. The van der Waals surface area contributed by atoms with Gasteiger partial charge in [0.15, 0.2) is 34.7 Å². The van der Waals surface area contributed by atoms with Gasteiger partial charge in [-0.2, -0.15) is 9.78 Å². The van der Waals surface area contributed by atoms with Crippen molar-refractivity contribution in [2.24, 2.45) is 13.0 Å². The van der Waals surface area contributed by atoms with E-state index in [1.165, 1.54) is 38.3 Å². The number of fused-ring (bicyclic) bond motifs is 1. The molecule has 6 rings (SSSR count). The molecular formula is C36H35F3N6O6. The Kier molecular flexibility index (Phi) is 10.4. The number of halogens is 3. The van der Waals surface area contributed by atoms with E-state index < -0.39 is 40.3 Å². The minimum Gasteiger partial charge on any atom is -0.493 e. The number of carbonyl (C=O) groups excluding carboxylic acids is 1. The predicted molar refractivity (Wildman–Crippen MR) is 183 cm³/mol. The summed E-state index contributed by atoms with van der Waals surface area (Å²) in [5.74, 6) is -2.48. The standard InChI is InChI=1S/C36H35F3N6O6/c1-21-10-14-44(15-11-21)13-4-16-50-32-20-28-24(19-31(32)49-3)29(9-12-40-28)51-30-8-5-22(17-27(30)39)41-34(46)33-35(47)43(2)36(48)45(42-33)23-6-7-25(37)26(38)18-23/h5-9,12,17-21H,4,10-11,13-16H2,1-3H3,(H,41,46). The number of hydrogen-bond acceptors (Lipinski definition) is 9. The minimum atomic E-state index is -1.26. The molecule has 1 aliphatic heterocycles. The Bertz CT molecular complexity index is 2220. The maximum atomic E-state index is 15.3. The first-order valence-corrected chi connectivity index (χ1v) is 16.3. The number of likely N-dealkylation sites (tertiary alicyclic amines) is 1. The summed E-state index contributed by atoms with van der Waals surface area (Å²) < 4.78 is 61.4. The van der Waals surface area contributed by atoms with E-state index in [0.29, 0.717) is 44.3 Å². The SMILES string of the molecule is COc1cc2c(Oc3ccc(NC(=O)c4nn(-c5ccc(F)c(F)c5)c(=O)n(C)c4=O)cc3F)ccnc2cc1OCCCN1CCC(C)CC1. The van der Waals surface area contributed by atoms with Gasteiger partial charge in [-0.3, -0.25) is 19.1 Å². The van der Waals surface area contributed by atoms with Crippen LogP contribution in [0.3, 0.4) is 0 Å². The zero-order valence-corrected chi connectivity index (χ0v) is 28.1. The largest absolute Gasteiger partial charge is 0.493 e. The number of piperidine rings is 1. The van der Waals surface area contributed by atoms with E-state index in [1.807, 2.05) is 0 Å². The number of pyridine rings is 1. The van der Waals surface area contributed by atoms with Crippen molar-refractivity contribution in [2.75, 3.05) is 38.7 Å². The van der Waals surface area contributed by atoms with Crippen molar-refractivity contribution in [1.82, 2.24) is 24.2 Å². The normalized spacial score (nSPS) is 13.7. The lowest BCUT2D eigenvalue weighted by Gasteiger charge is -2.30. The van der Waals surface area contributed by atoms with E-state index >= 15 is 4.39 Å². The third-order valence-corrected chi connectivity index (χ3v) is 8.69. The summed E-state index contributed by atoms with van der Waals surface area (Å²) in [6.07, 6.45) is 4.81. The van der Waals surface area contributed by atoms with Gasteiger partial charge in [-0.25, -0.2) is 18.0 Å². The van der Waals surface area contributed by atoms with Crippen molar-refractivity contribution in [3.63, 3.8) is 0 Å². The second-order valence-corrected chi connectivity index (χ2v) is 12.3. The predicted octanol–water partition coefficient (Wildman–Crippen LogP) is 5.45. The van der Waals surface area contributed by atoms with Crippen LogP contribution in [0.2, 0.25) is 0 Å². The fourth-order valence-corrected chi connectivity index (χ4v) is 5.72. The summed E-state index contributed by atoms with van der Waals surface area (Å²) in [5, 5.41) is 6.69. The van der Waals surface area contributed by atoms with Gasteiger partial charge in [-0.05, 0) is 74.7 Å². The highest BCUT2D eigenvalue weighted by molar-refractivity contribution is 6.02. The molecule has 0 aliphatic carbocycles. The molecule has 5 aromatic rings. The number of nitrogens with zero attached hydrogens (tertiary/aromatic N) is 5. The van der Waals surface area contributed by atoms with Gasteiger partial charge in [0, 0.05) is 49.1 Å². The summed E-state index contributed by atoms with van der Waals surface area (Å²) in [7, 11) is 2.62. The zero-order chi connectivity index (χ0) is 36.2. The van der Waals surface area contributed by atoms with Crippen LogP contribution in [0.15, 0.2) is 70.4 Å². The van der Waals surface area contributed by atoms with Crippen molar-refractivity contribution in [3.05, 3.63) is 105 Å². The number of rotatable bonds is 11. The van der Waals surface area contributed by atoms with E-state index in [2.05, 4.69) is 27.2 Å². The maximum Gasteiger partial charge on any atom is 0.351 e. The average Bonchev–Trinajstić information content (AvgIpc) is 3.12. The summed E-state index contributed by atoms with van der Waals surface area (Å²) >= 11 is 0. The molecule has 0 unspecified atom stereocenters. The molecule has 12 nitrogen and oxygen atoms in total. The van der Waals surface area contributed by atoms with Gasteiger partial charge in [0.05, 0.1) is 24.9 Å². The topological polar surface area (TPSA) is 130 Å². The van der Waals surface area contributed by atoms with Crippen LogP contribution in [0.5, 0.6) is 23.0 Å². The number of aromatic nitrogens is 4. The number of methoxy groups -OCH3 is 1. The lowest BCUT2D eigenvalue weighted by atomic mass is 9.99. The van der Waals surface area contributed by atoms with Crippen molar-refractivity contribution in [3.8, 4) is 28.7 Å². The highest BCUT2D eigenvalue weighted by Gasteiger charge is 2.21. The third-order valence-electron chi connectivity index (χ3n) is 8.69. The molecule has 1 amide bonds. The zero-order valence-electron chi connectivity index (χ0n) is 28.1. The smallest absolute Gasteiger partial charge is 0.351 e. The van der Waals surface area contributed by atoms with Crippen LogP contribution in [0, 0.1) is 23.4 Å². The number of ether oxygens (including phenoxy) is 3. The lowest BCUT2D eigenvalue weighted by Crippen LogP contribution is -2.43. The van der Waals surface area contributed by atoms with Gasteiger partial charge in [0.1, 0.15) is 5.75 Å². The van der Waals surface area contributed by atoms with Crippen LogP contribution < -0.4 is 30.8 Å². The molecule has 266 valence electrons. The fraction of sp³-hybridized carbons (Fsp3) is 0.306. The van der Waals surface area contributed by atoms with Gasteiger partial charge in [0.2, 0.25) is 5.69 Å². The summed E-state index contributed by atoms with van der Waals surface area (Å²) in [6.45, 7) is 5.95. The molecule has 51 heavy (non-hydrogen) atoms. The Hall–Kier alpha value is -5.70. The number of amides is 1. The third kappa shape index (κ3) is 7.72. The number of benzene rings is 3. The van der Waals surface area contributed by atoms with Crippen molar-refractivity contribution in [1.29, 1.82) is 0 Å². The van der Waals surface area contributed by atoms with Crippen molar-refractivity contribution >= 4 is 22.5 Å². The average molecular weight is 705 g/mol. The molecule has 3 heterocycles. The quantitative estimate of drug-likeness (QED) is 0.179. The van der Waals surface area contributed by atoms with Gasteiger partial charge < -0.3 is 24.4 Å². The van der Waals surface area contributed by atoms with E-state index in [1.54, 1.807) is 18.2 Å². The molecule has 15 heteroatoms. The van der Waals surface area contributed by atoms with Crippen molar-refractivity contribution in [2.45, 2.75) is 26.2 Å². The van der Waals surface area contributed by atoms with E-state index in [9.17, 15) is 23.2 Å². The Balaban J connectivity index is 1.16. The summed E-state index contributed by atoms with van der Waals surface area (Å²) in [6, 6.07) is 11.1. The molecular weight excluding hydrogens is 669 g/mol. The molecule has 1 aliphatic rings. The molecule has 1 saturated heterocycles. The second kappa shape index (κ2) is 15.0. The van der Waals surface area contributed by atoms with Crippen LogP contribution in [0.25, 0.3) is 16.6 Å². The molecule has 1 fully saturated rings. The maximum absolute atomic E-state index is 15.3. The monoisotopic (exact) mass is 704 g/mol. The fourth-order valence-electron chi connectivity index (χ4n) is 5.72. The summed E-state index contributed by atoms with van der Waals surface area (Å²) in [5.41, 5.74) is -2.55. The number of anilines is 1. The highest BCUT2D eigenvalue weighted by Crippen LogP contribution is 2.38. The number of nitrogens with one attached hydrogen (secondary N) is 1. The van der Waals surface area contributed by atoms with Crippen LogP contribution in [0.1, 0.15) is 36.7 Å². The van der Waals surface area contributed by atoms with E-state index in [-0.39, 0.29) is 22.9 Å². The van der Waals surface area contributed by atoms with Gasteiger partial charge in [-0.1, -0.05) is 6.92 Å². The Labute approximate surface area is 290 Å². The van der Waals surface area contributed by atoms with Crippen molar-refractivity contribution < 1.29 is 32.2 Å². The first-order valence-electron chi connectivity index (χ1n) is 16.3. The molecule has 3 aromatic carbocycles. The van der Waals surface area contributed by atoms with E-state index in [0.717, 1.165) is 57.2 Å². The molecule has 0 atom stereocenters. The number of hydrogen-bond donors (Lipinski definition) is 1. The molecule has 0 radical (unpaired) electrons. The van der Waals surface area contributed by atoms with E-state index in [4.69, 9.17) is 14.2 Å². The number of carbonyl (C=O) groups is 1. The Morgan fingerprint density at radius 2 is 1.71 bits per heavy atom. The lowest BCUT2D eigenvalue weighted by molar-refractivity contribution is 0.101. The molecule has 0 bridgehead atoms.